The van der Waals surface area contributed by atoms with Crippen LogP contribution < -0.4 is 0 Å². The molecule has 0 saturated heterocycles. The van der Waals surface area contributed by atoms with E-state index in [1.165, 1.54) is 69.8 Å². The van der Waals surface area contributed by atoms with Gasteiger partial charge in [-0.05, 0) is 66.3 Å². The first-order valence-electron chi connectivity index (χ1n) is 11.1. The van der Waals surface area contributed by atoms with Crippen LogP contribution in [0.2, 0.25) is 0 Å². The van der Waals surface area contributed by atoms with Gasteiger partial charge in [0.2, 0.25) is 0 Å². The topological polar surface area (TPSA) is 37.3 Å². The number of unbranched alkanes of at least 4 members (excludes halogenated alkanes) is 4. The van der Waals surface area contributed by atoms with E-state index in [1.807, 2.05) is 12.1 Å². The Morgan fingerprint density at radius 3 is 1.96 bits per heavy atom. The van der Waals surface area contributed by atoms with Crippen LogP contribution in [0, 0.1) is 5.92 Å². The minimum absolute atomic E-state index is 0.336. The van der Waals surface area contributed by atoms with Crippen molar-refractivity contribution in [3.05, 3.63) is 59.7 Å². The maximum absolute atomic E-state index is 11.0. The Hall–Kier alpha value is -2.09. The van der Waals surface area contributed by atoms with Crippen molar-refractivity contribution in [2.75, 3.05) is 0 Å². The molecule has 1 saturated carbocycles. The van der Waals surface area contributed by atoms with Gasteiger partial charge in [0, 0.05) is 0 Å². The molecule has 0 bridgehead atoms. The predicted octanol–water partition coefficient (Wildman–Crippen LogP) is 7.69. The summed E-state index contributed by atoms with van der Waals surface area (Å²) in [7, 11) is 0. The minimum Gasteiger partial charge on any atom is -0.478 e. The molecule has 2 heteroatoms. The van der Waals surface area contributed by atoms with Gasteiger partial charge in [-0.1, -0.05) is 81.8 Å². The highest BCUT2D eigenvalue weighted by Gasteiger charge is 2.22. The lowest BCUT2D eigenvalue weighted by Gasteiger charge is -2.29. The second-order valence-electron chi connectivity index (χ2n) is 8.43. The van der Waals surface area contributed by atoms with Crippen LogP contribution >= 0.6 is 0 Å². The molecule has 0 unspecified atom stereocenters. The van der Waals surface area contributed by atoms with Crippen molar-refractivity contribution in [2.24, 2.45) is 5.92 Å². The van der Waals surface area contributed by atoms with Gasteiger partial charge in [0.15, 0.2) is 0 Å². The van der Waals surface area contributed by atoms with E-state index in [2.05, 4.69) is 31.2 Å². The third-order valence-electron chi connectivity index (χ3n) is 6.41. The van der Waals surface area contributed by atoms with Gasteiger partial charge in [-0.2, -0.15) is 0 Å². The summed E-state index contributed by atoms with van der Waals surface area (Å²) in [6.07, 6.45) is 13.8. The van der Waals surface area contributed by atoms with Crippen LogP contribution in [0.3, 0.4) is 0 Å². The summed E-state index contributed by atoms with van der Waals surface area (Å²) < 4.78 is 0. The van der Waals surface area contributed by atoms with Crippen molar-refractivity contribution in [3.8, 4) is 11.1 Å². The number of rotatable bonds is 9. The summed E-state index contributed by atoms with van der Waals surface area (Å²) in [5.41, 5.74) is 4.03. The Balaban J connectivity index is 1.48. The number of hydrogen-bond donors (Lipinski definition) is 1. The molecule has 1 fully saturated rings. The first-order chi connectivity index (χ1) is 13.7. The van der Waals surface area contributed by atoms with E-state index in [4.69, 9.17) is 5.11 Å². The smallest absolute Gasteiger partial charge is 0.335 e. The van der Waals surface area contributed by atoms with E-state index < -0.39 is 5.97 Å². The highest BCUT2D eigenvalue weighted by atomic mass is 16.4. The lowest BCUT2D eigenvalue weighted by atomic mass is 9.77. The molecule has 0 aromatic heterocycles. The van der Waals surface area contributed by atoms with Crippen molar-refractivity contribution < 1.29 is 9.90 Å². The maximum Gasteiger partial charge on any atom is 0.335 e. The molecule has 1 aliphatic rings. The van der Waals surface area contributed by atoms with E-state index in [-0.39, 0.29) is 0 Å². The summed E-state index contributed by atoms with van der Waals surface area (Å²) in [6.45, 7) is 2.28. The summed E-state index contributed by atoms with van der Waals surface area (Å²) in [5.74, 6) is 0.781. The second kappa shape index (κ2) is 10.5. The standard InChI is InChI=1S/C26H34O2/c1-2-3-4-5-6-7-20-8-10-21(11-9-20)22-12-14-23(15-13-22)24-16-18-25(19-17-24)26(27)28/h12-21H,2-11H2,1H3,(H,27,28). The van der Waals surface area contributed by atoms with Crippen LogP contribution in [0.5, 0.6) is 0 Å². The molecular weight excluding hydrogens is 344 g/mol. The Labute approximate surface area is 170 Å². The van der Waals surface area contributed by atoms with E-state index in [0.29, 0.717) is 11.5 Å². The second-order valence-corrected chi connectivity index (χ2v) is 8.43. The predicted molar refractivity (Wildman–Crippen MR) is 117 cm³/mol. The van der Waals surface area contributed by atoms with Crippen molar-refractivity contribution in [3.63, 3.8) is 0 Å². The molecule has 1 aliphatic carbocycles. The van der Waals surface area contributed by atoms with Gasteiger partial charge in [0.1, 0.15) is 0 Å². The van der Waals surface area contributed by atoms with Crippen LogP contribution in [-0.4, -0.2) is 11.1 Å². The molecule has 28 heavy (non-hydrogen) atoms. The number of carboxylic acid groups (broad SMARTS) is 1. The average Bonchev–Trinajstić information content (AvgIpc) is 2.74. The summed E-state index contributed by atoms with van der Waals surface area (Å²) in [6, 6.07) is 16.1. The third kappa shape index (κ3) is 5.70. The molecule has 0 amide bonds. The van der Waals surface area contributed by atoms with Gasteiger partial charge in [-0.15, -0.1) is 0 Å². The fourth-order valence-corrected chi connectivity index (χ4v) is 4.57. The third-order valence-corrected chi connectivity index (χ3v) is 6.41. The monoisotopic (exact) mass is 378 g/mol. The maximum atomic E-state index is 11.0. The molecule has 2 aromatic rings. The fraction of sp³-hybridized carbons (Fsp3) is 0.500. The largest absolute Gasteiger partial charge is 0.478 e. The number of carbonyl (C=O) groups is 1. The molecule has 150 valence electrons. The van der Waals surface area contributed by atoms with Crippen LogP contribution in [0.15, 0.2) is 48.5 Å². The molecule has 1 N–H and O–H groups in total. The lowest BCUT2D eigenvalue weighted by molar-refractivity contribution is 0.0697. The fourth-order valence-electron chi connectivity index (χ4n) is 4.57. The van der Waals surface area contributed by atoms with Gasteiger partial charge in [-0.3, -0.25) is 0 Å². The summed E-state index contributed by atoms with van der Waals surface area (Å²) in [5, 5.41) is 9.03. The van der Waals surface area contributed by atoms with Crippen LogP contribution in [0.25, 0.3) is 11.1 Å². The van der Waals surface area contributed by atoms with E-state index in [1.54, 1.807) is 12.1 Å². The molecule has 3 rings (SSSR count). The zero-order chi connectivity index (χ0) is 19.8. The van der Waals surface area contributed by atoms with Crippen LogP contribution in [0.1, 0.15) is 93.0 Å². The van der Waals surface area contributed by atoms with Crippen LogP contribution in [-0.2, 0) is 0 Å². The Morgan fingerprint density at radius 2 is 1.39 bits per heavy atom. The van der Waals surface area contributed by atoms with Gasteiger partial charge >= 0.3 is 5.97 Å². The molecule has 0 atom stereocenters. The van der Waals surface area contributed by atoms with Gasteiger partial charge in [-0.25, -0.2) is 4.79 Å². The molecule has 2 aromatic carbocycles. The molecular formula is C26H34O2. The van der Waals surface area contributed by atoms with E-state index in [9.17, 15) is 4.79 Å². The summed E-state index contributed by atoms with van der Waals surface area (Å²) in [4.78, 5) is 11.0. The van der Waals surface area contributed by atoms with Gasteiger partial charge in [0.25, 0.3) is 0 Å². The molecule has 0 spiro atoms. The number of carboxylic acids is 1. The SMILES string of the molecule is CCCCCCCC1CCC(c2ccc(-c3ccc(C(=O)O)cc3)cc2)CC1. The van der Waals surface area contributed by atoms with E-state index >= 15 is 0 Å². The molecule has 0 heterocycles. The normalized spacial score (nSPS) is 19.5. The van der Waals surface area contributed by atoms with Gasteiger partial charge < -0.3 is 5.11 Å². The molecule has 0 radical (unpaired) electrons. The average molecular weight is 379 g/mol. The Bertz CT molecular complexity index is 722. The minimum atomic E-state index is -0.876. The molecule has 2 nitrogen and oxygen atoms in total. The molecule has 0 aliphatic heterocycles. The first kappa shape index (κ1) is 20.6. The lowest BCUT2D eigenvalue weighted by Crippen LogP contribution is -2.13. The first-order valence-corrected chi connectivity index (χ1v) is 11.1. The highest BCUT2D eigenvalue weighted by Crippen LogP contribution is 2.38. The van der Waals surface area contributed by atoms with Gasteiger partial charge in [0.05, 0.1) is 5.56 Å². The quantitative estimate of drug-likeness (QED) is 0.454. The van der Waals surface area contributed by atoms with Crippen molar-refractivity contribution in [2.45, 2.75) is 77.0 Å². The number of aromatic carboxylic acids is 1. The Kier molecular flexibility index (Phi) is 7.71. The highest BCUT2D eigenvalue weighted by molar-refractivity contribution is 5.88. The number of benzene rings is 2. The van der Waals surface area contributed by atoms with Crippen molar-refractivity contribution in [1.82, 2.24) is 0 Å². The Morgan fingerprint density at radius 1 is 0.821 bits per heavy atom. The van der Waals surface area contributed by atoms with Crippen LogP contribution in [0.4, 0.5) is 0 Å². The number of hydrogen-bond acceptors (Lipinski definition) is 1. The van der Waals surface area contributed by atoms with Crippen molar-refractivity contribution in [1.29, 1.82) is 0 Å². The zero-order valence-electron chi connectivity index (χ0n) is 17.2. The zero-order valence-corrected chi connectivity index (χ0v) is 17.2. The van der Waals surface area contributed by atoms with Crippen molar-refractivity contribution >= 4 is 5.97 Å². The summed E-state index contributed by atoms with van der Waals surface area (Å²) >= 11 is 0. The van der Waals surface area contributed by atoms with E-state index in [0.717, 1.165) is 17.0 Å².